The van der Waals surface area contributed by atoms with Gasteiger partial charge in [-0.05, 0) is 38.0 Å². The third-order valence-electron chi connectivity index (χ3n) is 4.21. The molecule has 1 amide bonds. The van der Waals surface area contributed by atoms with Crippen molar-refractivity contribution >= 4 is 23.0 Å². The Kier molecular flexibility index (Phi) is 5.88. The Morgan fingerprint density at radius 1 is 1.21 bits per heavy atom. The predicted octanol–water partition coefficient (Wildman–Crippen LogP) is 2.36. The zero-order valence-electron chi connectivity index (χ0n) is 15.9. The molecule has 0 atom stereocenters. The van der Waals surface area contributed by atoms with E-state index in [1.807, 2.05) is 24.3 Å². The summed E-state index contributed by atoms with van der Waals surface area (Å²) in [7, 11) is 1.60. The molecule has 0 spiro atoms. The molecule has 28 heavy (non-hydrogen) atoms. The van der Waals surface area contributed by atoms with Gasteiger partial charge in [0.2, 0.25) is 0 Å². The van der Waals surface area contributed by atoms with Crippen LogP contribution in [0.5, 0.6) is 5.75 Å². The molecule has 0 bridgehead atoms. The number of fused-ring (bicyclic) bond motifs is 1. The van der Waals surface area contributed by atoms with Crippen LogP contribution in [-0.2, 0) is 16.0 Å². The molecule has 0 unspecified atom stereocenters. The van der Waals surface area contributed by atoms with E-state index in [1.165, 1.54) is 0 Å². The number of methoxy groups -OCH3 is 1. The van der Waals surface area contributed by atoms with E-state index in [9.17, 15) is 9.59 Å². The minimum absolute atomic E-state index is 0.269. The van der Waals surface area contributed by atoms with Gasteiger partial charge in [-0.1, -0.05) is 23.4 Å². The summed E-state index contributed by atoms with van der Waals surface area (Å²) in [6.07, 6.45) is 0.605. The van der Waals surface area contributed by atoms with Crippen molar-refractivity contribution in [1.29, 1.82) is 0 Å². The average Bonchev–Trinajstić information content (AvgIpc) is 3.06. The molecule has 3 rings (SSSR count). The number of hydrogen-bond acceptors (Lipinski definition) is 7. The van der Waals surface area contributed by atoms with Crippen LogP contribution in [0.2, 0.25) is 0 Å². The average molecular weight is 383 g/mol. The van der Waals surface area contributed by atoms with Gasteiger partial charge in [0.15, 0.2) is 6.61 Å². The number of nitrogens with zero attached hydrogens (tertiary/aromatic N) is 2. The number of aromatic nitrogens is 2. The molecule has 8 heteroatoms. The summed E-state index contributed by atoms with van der Waals surface area (Å²) in [5.74, 6) is -0.238. The highest BCUT2D eigenvalue weighted by molar-refractivity contribution is 6.03. The van der Waals surface area contributed by atoms with Gasteiger partial charge in [0.05, 0.1) is 23.8 Å². The Balaban J connectivity index is 1.55. The van der Waals surface area contributed by atoms with Gasteiger partial charge in [-0.25, -0.2) is 9.78 Å². The van der Waals surface area contributed by atoms with Crippen molar-refractivity contribution in [2.45, 2.75) is 20.3 Å². The molecule has 0 radical (unpaired) electrons. The molecule has 3 aromatic rings. The largest absolute Gasteiger partial charge is 0.496 e. The van der Waals surface area contributed by atoms with Crippen LogP contribution in [-0.4, -0.2) is 42.3 Å². The monoisotopic (exact) mass is 383 g/mol. The van der Waals surface area contributed by atoms with Crippen LogP contribution in [0.25, 0.3) is 11.1 Å². The first-order valence-electron chi connectivity index (χ1n) is 8.79. The van der Waals surface area contributed by atoms with Gasteiger partial charge in [0.25, 0.3) is 11.6 Å². The second-order valence-electron chi connectivity index (χ2n) is 6.25. The Bertz CT molecular complexity index is 1010. The number of para-hydroxylation sites is 1. The molecule has 2 aromatic heterocycles. The fourth-order valence-electron chi connectivity index (χ4n) is 2.88. The fraction of sp³-hybridized carbons (Fsp3) is 0.300. The fourth-order valence-corrected chi connectivity index (χ4v) is 2.88. The third kappa shape index (κ3) is 4.28. The number of amides is 1. The van der Waals surface area contributed by atoms with Gasteiger partial charge in [0.1, 0.15) is 5.75 Å². The first-order valence-corrected chi connectivity index (χ1v) is 8.79. The van der Waals surface area contributed by atoms with Crippen molar-refractivity contribution in [3.63, 3.8) is 0 Å². The van der Waals surface area contributed by atoms with Gasteiger partial charge in [0, 0.05) is 12.2 Å². The lowest BCUT2D eigenvalue weighted by Gasteiger charge is -2.10. The number of ether oxygens (including phenoxy) is 2. The maximum Gasteiger partial charge on any atom is 0.339 e. The molecule has 0 fully saturated rings. The quantitative estimate of drug-likeness (QED) is 0.625. The number of rotatable bonds is 7. The molecular formula is C20H21N3O5. The van der Waals surface area contributed by atoms with E-state index in [0.717, 1.165) is 11.3 Å². The van der Waals surface area contributed by atoms with Crippen molar-refractivity contribution in [2.24, 2.45) is 0 Å². The van der Waals surface area contributed by atoms with E-state index in [0.29, 0.717) is 29.7 Å². The highest BCUT2D eigenvalue weighted by atomic mass is 16.5. The zero-order valence-corrected chi connectivity index (χ0v) is 15.9. The second-order valence-corrected chi connectivity index (χ2v) is 6.25. The van der Waals surface area contributed by atoms with E-state index >= 15 is 0 Å². The number of hydrogen-bond donors (Lipinski definition) is 1. The maximum atomic E-state index is 12.4. The maximum absolute atomic E-state index is 12.4. The van der Waals surface area contributed by atoms with Crippen LogP contribution in [0, 0.1) is 13.8 Å². The van der Waals surface area contributed by atoms with Crippen molar-refractivity contribution < 1.29 is 23.6 Å². The van der Waals surface area contributed by atoms with Crippen LogP contribution in [0.1, 0.15) is 27.3 Å². The summed E-state index contributed by atoms with van der Waals surface area (Å²) in [5.41, 5.74) is 2.67. The lowest BCUT2D eigenvalue weighted by molar-refractivity contribution is -0.124. The van der Waals surface area contributed by atoms with Gasteiger partial charge in [-0.2, -0.15) is 0 Å². The van der Waals surface area contributed by atoms with E-state index in [1.54, 1.807) is 27.0 Å². The van der Waals surface area contributed by atoms with Crippen molar-refractivity contribution in [3.05, 3.63) is 52.8 Å². The van der Waals surface area contributed by atoms with E-state index < -0.39 is 5.97 Å². The predicted molar refractivity (Wildman–Crippen MR) is 101 cm³/mol. The number of esters is 1. The molecule has 1 N–H and O–H groups in total. The summed E-state index contributed by atoms with van der Waals surface area (Å²) in [6.45, 7) is 3.47. The second kappa shape index (κ2) is 8.51. The highest BCUT2D eigenvalue weighted by Gasteiger charge is 2.19. The topological polar surface area (TPSA) is 104 Å². The summed E-state index contributed by atoms with van der Waals surface area (Å²) in [6, 6.07) is 9.18. The number of aryl methyl sites for hydroxylation is 2. The lowest BCUT2D eigenvalue weighted by atomic mass is 10.1. The lowest BCUT2D eigenvalue weighted by Crippen LogP contribution is -2.30. The third-order valence-corrected chi connectivity index (χ3v) is 4.21. The summed E-state index contributed by atoms with van der Waals surface area (Å²) >= 11 is 0. The number of nitrogens with one attached hydrogen (secondary N) is 1. The molecule has 0 aliphatic heterocycles. The van der Waals surface area contributed by atoms with E-state index in [2.05, 4.69) is 15.5 Å². The molecule has 0 saturated heterocycles. The summed E-state index contributed by atoms with van der Waals surface area (Å²) < 4.78 is 15.5. The molecule has 0 saturated carbocycles. The summed E-state index contributed by atoms with van der Waals surface area (Å²) in [4.78, 5) is 28.6. The smallest absolute Gasteiger partial charge is 0.339 e. The first kappa shape index (κ1) is 19.3. The van der Waals surface area contributed by atoms with Gasteiger partial charge < -0.3 is 19.3 Å². The normalized spacial score (nSPS) is 10.7. The van der Waals surface area contributed by atoms with E-state index in [4.69, 9.17) is 14.0 Å². The first-order chi connectivity index (χ1) is 13.5. The zero-order chi connectivity index (χ0) is 20.1. The minimum Gasteiger partial charge on any atom is -0.496 e. The standard InChI is InChI=1S/C20H21N3O5/c1-12-10-15(18-13(2)23-28-19(18)22-12)20(25)27-11-17(24)21-9-8-14-6-4-5-7-16(14)26-3/h4-7,10H,8-9,11H2,1-3H3,(H,21,24). The minimum atomic E-state index is -0.623. The van der Waals surface area contributed by atoms with Crippen LogP contribution in [0.3, 0.4) is 0 Å². The number of carbonyl (C=O) groups is 2. The molecule has 2 heterocycles. The Labute approximate surface area is 161 Å². The Hall–Kier alpha value is -3.42. The Morgan fingerprint density at radius 2 is 2.00 bits per heavy atom. The van der Waals surface area contributed by atoms with Crippen molar-refractivity contribution in [2.75, 3.05) is 20.3 Å². The van der Waals surface area contributed by atoms with Crippen LogP contribution < -0.4 is 10.1 Å². The molecule has 8 nitrogen and oxygen atoms in total. The van der Waals surface area contributed by atoms with Gasteiger partial charge >= 0.3 is 5.97 Å². The van der Waals surface area contributed by atoms with Crippen molar-refractivity contribution in [3.8, 4) is 5.75 Å². The van der Waals surface area contributed by atoms with Gasteiger partial charge in [-0.15, -0.1) is 0 Å². The van der Waals surface area contributed by atoms with Crippen LogP contribution in [0.4, 0.5) is 0 Å². The number of benzene rings is 1. The van der Waals surface area contributed by atoms with E-state index in [-0.39, 0.29) is 23.8 Å². The van der Waals surface area contributed by atoms with Crippen LogP contribution >= 0.6 is 0 Å². The Morgan fingerprint density at radius 3 is 2.79 bits per heavy atom. The number of pyridine rings is 1. The highest BCUT2D eigenvalue weighted by Crippen LogP contribution is 2.22. The molecule has 0 aliphatic rings. The molecular weight excluding hydrogens is 362 g/mol. The molecule has 1 aromatic carbocycles. The molecule has 0 aliphatic carbocycles. The summed E-state index contributed by atoms with van der Waals surface area (Å²) in [5, 5.41) is 7.05. The van der Waals surface area contributed by atoms with Gasteiger partial charge in [-0.3, -0.25) is 4.79 Å². The molecule has 146 valence electrons. The van der Waals surface area contributed by atoms with Crippen LogP contribution in [0.15, 0.2) is 34.9 Å². The van der Waals surface area contributed by atoms with Crippen molar-refractivity contribution in [1.82, 2.24) is 15.5 Å². The number of carbonyl (C=O) groups excluding carboxylic acids is 2. The SMILES string of the molecule is COc1ccccc1CCNC(=O)COC(=O)c1cc(C)nc2onc(C)c12.